The van der Waals surface area contributed by atoms with Gasteiger partial charge in [0.2, 0.25) is 5.91 Å². The highest BCUT2D eigenvalue weighted by Gasteiger charge is 2.12. The molecule has 3 amide bonds. The normalized spacial score (nSPS) is 10.3. The average molecular weight is 372 g/mol. The van der Waals surface area contributed by atoms with E-state index in [1.165, 1.54) is 15.6 Å². The lowest BCUT2D eigenvalue weighted by molar-refractivity contribution is 0.100. The third-order valence-corrected chi connectivity index (χ3v) is 4.43. The van der Waals surface area contributed by atoms with Gasteiger partial charge in [-0.1, -0.05) is 24.9 Å². The van der Waals surface area contributed by atoms with Gasteiger partial charge in [0.05, 0.1) is 5.69 Å². The molecule has 0 aliphatic rings. The summed E-state index contributed by atoms with van der Waals surface area (Å²) in [5.41, 5.74) is 9.68. The van der Waals surface area contributed by atoms with E-state index < -0.39 is 5.91 Å². The van der Waals surface area contributed by atoms with Crippen LogP contribution < -0.4 is 20.3 Å². The Kier molecular flexibility index (Phi) is 6.52. The second kappa shape index (κ2) is 8.62. The summed E-state index contributed by atoms with van der Waals surface area (Å²) in [6, 6.07) is 12.3. The predicted molar refractivity (Wildman–Crippen MR) is 109 cm³/mol. The molecule has 0 heterocycles. The van der Waals surface area contributed by atoms with E-state index >= 15 is 0 Å². The van der Waals surface area contributed by atoms with E-state index in [0.29, 0.717) is 17.8 Å². The molecule has 0 aliphatic carbocycles. The van der Waals surface area contributed by atoms with Gasteiger partial charge in [-0.25, -0.2) is 9.10 Å². The van der Waals surface area contributed by atoms with Crippen molar-refractivity contribution in [3.63, 3.8) is 0 Å². The summed E-state index contributed by atoms with van der Waals surface area (Å²) in [4.78, 5) is 25.4. The van der Waals surface area contributed by atoms with Crippen molar-refractivity contribution >= 4 is 36.1 Å². The standard InChI is InChI=1S/C19H24N4O2S/c1-13-12-14(4-9-17(13)22(2)3)10-11-21-19(25)23(26)16-7-5-15(6-8-16)18(20)24/h4-9,12,26H,10-11H2,1-3H3,(H2,20,24)(H,21,25). The zero-order valence-corrected chi connectivity index (χ0v) is 16.1. The van der Waals surface area contributed by atoms with Gasteiger partial charge in [-0.05, 0) is 54.8 Å². The molecule has 2 aromatic rings. The molecule has 0 radical (unpaired) electrons. The molecule has 0 saturated heterocycles. The zero-order valence-electron chi connectivity index (χ0n) is 15.2. The highest BCUT2D eigenvalue weighted by Crippen LogP contribution is 2.19. The van der Waals surface area contributed by atoms with Crippen LogP contribution >= 0.6 is 12.8 Å². The summed E-state index contributed by atoms with van der Waals surface area (Å²) in [6.45, 7) is 2.57. The number of thiol groups is 1. The Morgan fingerprint density at radius 2 is 1.77 bits per heavy atom. The highest BCUT2D eigenvalue weighted by molar-refractivity contribution is 7.82. The van der Waals surface area contributed by atoms with Gasteiger partial charge in [0.1, 0.15) is 0 Å². The molecule has 7 heteroatoms. The van der Waals surface area contributed by atoms with Crippen molar-refractivity contribution in [2.24, 2.45) is 5.73 Å². The van der Waals surface area contributed by atoms with Gasteiger partial charge in [-0.15, -0.1) is 0 Å². The van der Waals surface area contributed by atoms with E-state index in [-0.39, 0.29) is 6.03 Å². The number of aryl methyl sites for hydroxylation is 1. The first-order valence-corrected chi connectivity index (χ1v) is 8.63. The number of carbonyl (C=O) groups excluding carboxylic acids is 2. The molecule has 138 valence electrons. The quantitative estimate of drug-likeness (QED) is 0.682. The minimum atomic E-state index is -0.512. The Hall–Kier alpha value is -2.67. The van der Waals surface area contributed by atoms with Gasteiger partial charge in [0.15, 0.2) is 0 Å². The monoisotopic (exact) mass is 372 g/mol. The van der Waals surface area contributed by atoms with E-state index in [1.807, 2.05) is 14.1 Å². The van der Waals surface area contributed by atoms with Gasteiger partial charge >= 0.3 is 6.03 Å². The molecule has 2 aromatic carbocycles. The second-order valence-corrected chi connectivity index (χ2v) is 6.62. The van der Waals surface area contributed by atoms with Crippen molar-refractivity contribution in [3.05, 3.63) is 59.2 Å². The number of nitrogens with zero attached hydrogens (tertiary/aromatic N) is 2. The van der Waals surface area contributed by atoms with Crippen molar-refractivity contribution in [1.29, 1.82) is 0 Å². The molecule has 26 heavy (non-hydrogen) atoms. The van der Waals surface area contributed by atoms with Crippen LogP contribution in [0.4, 0.5) is 16.2 Å². The van der Waals surface area contributed by atoms with Crippen molar-refractivity contribution < 1.29 is 9.59 Å². The van der Waals surface area contributed by atoms with Crippen LogP contribution in [-0.2, 0) is 6.42 Å². The number of nitrogens with two attached hydrogens (primary N) is 1. The molecular formula is C19H24N4O2S. The molecular weight excluding hydrogens is 348 g/mol. The van der Waals surface area contributed by atoms with E-state index in [9.17, 15) is 9.59 Å². The lowest BCUT2D eigenvalue weighted by Crippen LogP contribution is -2.35. The molecule has 0 unspecified atom stereocenters. The first-order valence-electron chi connectivity index (χ1n) is 8.23. The molecule has 2 rings (SSSR count). The largest absolute Gasteiger partial charge is 0.377 e. The van der Waals surface area contributed by atoms with Crippen LogP contribution in [-0.4, -0.2) is 32.6 Å². The molecule has 3 N–H and O–H groups in total. The number of carbonyl (C=O) groups is 2. The maximum absolute atomic E-state index is 12.2. The van der Waals surface area contributed by atoms with Crippen LogP contribution in [0.15, 0.2) is 42.5 Å². The number of benzene rings is 2. The highest BCUT2D eigenvalue weighted by atomic mass is 32.1. The summed E-state index contributed by atoms with van der Waals surface area (Å²) >= 11 is 4.21. The van der Waals surface area contributed by atoms with Gasteiger partial charge < -0.3 is 16.0 Å². The topological polar surface area (TPSA) is 78.7 Å². The zero-order chi connectivity index (χ0) is 19.3. The molecule has 0 saturated carbocycles. The number of urea groups is 1. The number of anilines is 2. The molecule has 0 fully saturated rings. The van der Waals surface area contributed by atoms with Crippen molar-refractivity contribution in [2.45, 2.75) is 13.3 Å². The van der Waals surface area contributed by atoms with E-state index in [0.717, 1.165) is 12.0 Å². The van der Waals surface area contributed by atoms with Gasteiger partial charge in [0.25, 0.3) is 0 Å². The number of hydrogen-bond donors (Lipinski definition) is 3. The summed E-state index contributed by atoms with van der Waals surface area (Å²) in [6.07, 6.45) is 0.725. The summed E-state index contributed by atoms with van der Waals surface area (Å²) < 4.78 is 1.20. The van der Waals surface area contributed by atoms with Crippen LogP contribution in [0.2, 0.25) is 0 Å². The Bertz CT molecular complexity index is 791. The molecule has 0 bridgehead atoms. The fraction of sp³-hybridized carbons (Fsp3) is 0.263. The fourth-order valence-electron chi connectivity index (χ4n) is 2.65. The third-order valence-electron chi connectivity index (χ3n) is 4.02. The number of amides is 3. The Balaban J connectivity index is 1.90. The first-order chi connectivity index (χ1) is 12.3. The third kappa shape index (κ3) is 4.92. The lowest BCUT2D eigenvalue weighted by Gasteiger charge is -2.18. The number of hydrogen-bond acceptors (Lipinski definition) is 4. The fourth-order valence-corrected chi connectivity index (χ4v) is 2.85. The van der Waals surface area contributed by atoms with Gasteiger partial charge in [0, 0.05) is 31.9 Å². The smallest absolute Gasteiger partial charge is 0.331 e. The predicted octanol–water partition coefficient (Wildman–Crippen LogP) is 2.76. The number of rotatable bonds is 6. The lowest BCUT2D eigenvalue weighted by atomic mass is 10.1. The molecule has 6 nitrogen and oxygen atoms in total. The molecule has 0 aliphatic heterocycles. The average Bonchev–Trinajstić information content (AvgIpc) is 2.60. The second-order valence-electron chi connectivity index (χ2n) is 6.22. The van der Waals surface area contributed by atoms with Crippen molar-refractivity contribution in [1.82, 2.24) is 5.32 Å². The van der Waals surface area contributed by atoms with Crippen molar-refractivity contribution in [3.8, 4) is 0 Å². The molecule has 0 atom stereocenters. The Morgan fingerprint density at radius 3 is 2.31 bits per heavy atom. The first kappa shape index (κ1) is 19.7. The van der Waals surface area contributed by atoms with E-state index in [4.69, 9.17) is 5.73 Å². The maximum Gasteiger partial charge on any atom is 0.331 e. The SMILES string of the molecule is Cc1cc(CCNC(=O)N(S)c2ccc(C(N)=O)cc2)ccc1N(C)C. The number of primary amides is 1. The van der Waals surface area contributed by atoms with Crippen molar-refractivity contribution in [2.75, 3.05) is 29.8 Å². The summed E-state index contributed by atoms with van der Waals surface area (Å²) in [7, 11) is 4.03. The molecule has 0 aromatic heterocycles. The van der Waals surface area contributed by atoms with Crippen LogP contribution in [0.25, 0.3) is 0 Å². The van der Waals surface area contributed by atoms with Gasteiger partial charge in [-0.3, -0.25) is 4.79 Å². The minimum Gasteiger partial charge on any atom is -0.377 e. The van der Waals surface area contributed by atoms with Crippen LogP contribution in [0.1, 0.15) is 21.5 Å². The number of nitrogens with one attached hydrogen (secondary N) is 1. The summed E-state index contributed by atoms with van der Waals surface area (Å²) in [5, 5.41) is 2.83. The van der Waals surface area contributed by atoms with Crippen LogP contribution in [0, 0.1) is 6.92 Å². The minimum absolute atomic E-state index is 0.332. The maximum atomic E-state index is 12.2. The van der Waals surface area contributed by atoms with Crippen LogP contribution in [0.5, 0.6) is 0 Å². The van der Waals surface area contributed by atoms with E-state index in [1.54, 1.807) is 24.3 Å². The molecule has 0 spiro atoms. The Morgan fingerprint density at radius 1 is 1.12 bits per heavy atom. The van der Waals surface area contributed by atoms with Gasteiger partial charge in [-0.2, -0.15) is 0 Å². The van der Waals surface area contributed by atoms with E-state index in [2.05, 4.69) is 48.2 Å². The Labute approximate surface area is 159 Å². The summed E-state index contributed by atoms with van der Waals surface area (Å²) in [5.74, 6) is -0.512. The van der Waals surface area contributed by atoms with Crippen LogP contribution in [0.3, 0.4) is 0 Å².